The molecule has 2 aromatic carbocycles. The molecule has 1 aliphatic rings. The lowest BCUT2D eigenvalue weighted by Gasteiger charge is -2.23. The Morgan fingerprint density at radius 1 is 0.957 bits per heavy atom. The standard InChI is InChI=1S/C19H20NO2P/c21-23(19-14-8-3-9-15-19,22-18-12-6-2-7-13-18)20-16-17-10-4-1-5-11-17/h1-2,4-8,10-15H,3,9,16H2,(H,20,21). The first kappa shape index (κ1) is 15.8. The molecule has 0 heterocycles. The second-order valence-electron chi connectivity index (χ2n) is 5.39. The van der Waals surface area contributed by atoms with E-state index in [1.54, 1.807) is 0 Å². The Labute approximate surface area is 137 Å². The van der Waals surface area contributed by atoms with Gasteiger partial charge in [-0.15, -0.1) is 0 Å². The predicted molar refractivity (Wildman–Crippen MR) is 94.4 cm³/mol. The predicted octanol–water partition coefficient (Wildman–Crippen LogP) is 5.28. The molecule has 1 unspecified atom stereocenters. The van der Waals surface area contributed by atoms with Crippen LogP contribution in [0.3, 0.4) is 0 Å². The van der Waals surface area contributed by atoms with Gasteiger partial charge in [-0.2, -0.15) is 0 Å². The number of hydrogen-bond donors (Lipinski definition) is 1. The zero-order valence-electron chi connectivity index (χ0n) is 12.9. The van der Waals surface area contributed by atoms with Crippen LogP contribution in [0.1, 0.15) is 18.4 Å². The number of hydrogen-bond acceptors (Lipinski definition) is 2. The van der Waals surface area contributed by atoms with Gasteiger partial charge in [-0.05, 0) is 30.5 Å². The van der Waals surface area contributed by atoms with Crippen molar-refractivity contribution in [2.75, 3.05) is 0 Å². The van der Waals surface area contributed by atoms with Crippen molar-refractivity contribution in [2.45, 2.75) is 19.4 Å². The molecule has 0 radical (unpaired) electrons. The zero-order chi connectivity index (χ0) is 16.0. The van der Waals surface area contributed by atoms with Crippen molar-refractivity contribution in [1.29, 1.82) is 0 Å². The Hall–Kier alpha value is -2.09. The minimum atomic E-state index is -3.16. The lowest BCUT2D eigenvalue weighted by atomic mass is 10.2. The summed E-state index contributed by atoms with van der Waals surface area (Å²) in [5.74, 6) is 0.608. The summed E-state index contributed by atoms with van der Waals surface area (Å²) in [5, 5.41) is 3.88. The molecular weight excluding hydrogens is 305 g/mol. The van der Waals surface area contributed by atoms with E-state index in [0.29, 0.717) is 12.3 Å². The molecule has 3 rings (SSSR count). The first-order valence-electron chi connectivity index (χ1n) is 7.77. The van der Waals surface area contributed by atoms with Gasteiger partial charge in [0.2, 0.25) is 0 Å². The van der Waals surface area contributed by atoms with E-state index in [-0.39, 0.29) is 0 Å². The summed E-state index contributed by atoms with van der Waals surface area (Å²) in [6, 6.07) is 19.2. The van der Waals surface area contributed by atoms with E-state index >= 15 is 0 Å². The maximum absolute atomic E-state index is 13.5. The molecule has 0 bridgehead atoms. The van der Waals surface area contributed by atoms with Crippen LogP contribution in [0.5, 0.6) is 5.75 Å². The van der Waals surface area contributed by atoms with Crippen LogP contribution >= 0.6 is 7.52 Å². The van der Waals surface area contributed by atoms with E-state index < -0.39 is 7.52 Å². The smallest absolute Gasteiger partial charge is 0.346 e. The fourth-order valence-electron chi connectivity index (χ4n) is 2.42. The monoisotopic (exact) mass is 325 g/mol. The van der Waals surface area contributed by atoms with E-state index in [0.717, 1.165) is 23.7 Å². The third kappa shape index (κ3) is 4.22. The highest BCUT2D eigenvalue weighted by atomic mass is 31.2. The largest absolute Gasteiger partial charge is 0.430 e. The summed E-state index contributed by atoms with van der Waals surface area (Å²) in [7, 11) is -3.16. The molecular formula is C19H20NO2P. The highest BCUT2D eigenvalue weighted by Crippen LogP contribution is 2.52. The maximum atomic E-state index is 13.5. The Morgan fingerprint density at radius 2 is 1.65 bits per heavy atom. The van der Waals surface area contributed by atoms with Gasteiger partial charge in [0.1, 0.15) is 5.75 Å². The Balaban J connectivity index is 1.82. The summed E-state index contributed by atoms with van der Waals surface area (Å²) < 4.78 is 19.3. The van der Waals surface area contributed by atoms with Crippen LogP contribution in [-0.2, 0) is 11.1 Å². The number of nitrogens with one attached hydrogen (secondary N) is 1. The second-order valence-corrected chi connectivity index (χ2v) is 7.50. The average molecular weight is 325 g/mol. The van der Waals surface area contributed by atoms with Crippen molar-refractivity contribution in [1.82, 2.24) is 5.09 Å². The minimum absolute atomic E-state index is 0.496. The fraction of sp³-hybridized carbons (Fsp3) is 0.158. The highest BCUT2D eigenvalue weighted by Gasteiger charge is 2.29. The van der Waals surface area contributed by atoms with Gasteiger partial charge in [-0.25, -0.2) is 5.09 Å². The normalized spacial score (nSPS) is 16.4. The quantitative estimate of drug-likeness (QED) is 0.734. The summed E-state index contributed by atoms with van der Waals surface area (Å²) in [5.41, 5.74) is 1.07. The molecule has 23 heavy (non-hydrogen) atoms. The zero-order valence-corrected chi connectivity index (χ0v) is 13.8. The molecule has 1 atom stereocenters. The van der Waals surface area contributed by atoms with Crippen LogP contribution in [0.25, 0.3) is 0 Å². The van der Waals surface area contributed by atoms with Crippen LogP contribution in [0, 0.1) is 0 Å². The second kappa shape index (κ2) is 7.45. The third-order valence-corrected chi connectivity index (χ3v) is 5.68. The molecule has 3 nitrogen and oxygen atoms in total. The third-order valence-electron chi connectivity index (χ3n) is 3.63. The highest BCUT2D eigenvalue weighted by molar-refractivity contribution is 7.62. The summed E-state index contributed by atoms with van der Waals surface area (Å²) >= 11 is 0. The molecule has 1 N–H and O–H groups in total. The topological polar surface area (TPSA) is 38.3 Å². The molecule has 0 aliphatic heterocycles. The molecule has 1 aliphatic carbocycles. The molecule has 0 fully saturated rings. The van der Waals surface area contributed by atoms with Crippen LogP contribution in [0.2, 0.25) is 0 Å². The van der Waals surface area contributed by atoms with Crippen molar-refractivity contribution >= 4 is 7.52 Å². The maximum Gasteiger partial charge on any atom is 0.346 e. The van der Waals surface area contributed by atoms with Gasteiger partial charge in [-0.1, -0.05) is 66.8 Å². The van der Waals surface area contributed by atoms with Crippen molar-refractivity contribution in [2.24, 2.45) is 0 Å². The van der Waals surface area contributed by atoms with Crippen molar-refractivity contribution < 1.29 is 9.09 Å². The molecule has 0 aromatic heterocycles. The van der Waals surface area contributed by atoms with E-state index in [1.165, 1.54) is 0 Å². The molecule has 2 aromatic rings. The number of rotatable bonds is 6. The van der Waals surface area contributed by atoms with Gasteiger partial charge in [0.25, 0.3) is 0 Å². The van der Waals surface area contributed by atoms with Crippen LogP contribution < -0.4 is 9.61 Å². The molecule has 4 heteroatoms. The van der Waals surface area contributed by atoms with Crippen molar-refractivity contribution in [3.63, 3.8) is 0 Å². The SMILES string of the molecule is O=P(NCc1ccccc1)(Oc1ccccc1)C1=CCCC=C1. The first-order valence-corrected chi connectivity index (χ1v) is 9.40. The van der Waals surface area contributed by atoms with E-state index in [4.69, 9.17) is 4.52 Å². The summed E-state index contributed by atoms with van der Waals surface area (Å²) in [4.78, 5) is 0. The lowest BCUT2D eigenvalue weighted by molar-refractivity contribution is 0.474. The Bertz CT molecular complexity index is 738. The van der Waals surface area contributed by atoms with Crippen molar-refractivity contribution in [3.8, 4) is 5.75 Å². The van der Waals surface area contributed by atoms with Crippen molar-refractivity contribution in [3.05, 3.63) is 89.8 Å². The Kier molecular flexibility index (Phi) is 5.12. The first-order chi connectivity index (χ1) is 11.3. The van der Waals surface area contributed by atoms with Gasteiger partial charge in [0, 0.05) is 6.54 Å². The van der Waals surface area contributed by atoms with E-state index in [9.17, 15) is 4.57 Å². The fourth-order valence-corrected chi connectivity index (χ4v) is 4.25. The van der Waals surface area contributed by atoms with E-state index in [1.807, 2.05) is 78.9 Å². The van der Waals surface area contributed by atoms with Gasteiger partial charge in [0.15, 0.2) is 0 Å². The van der Waals surface area contributed by atoms with Gasteiger partial charge < -0.3 is 4.52 Å². The molecule has 0 amide bonds. The van der Waals surface area contributed by atoms with Crippen LogP contribution in [0.4, 0.5) is 0 Å². The van der Waals surface area contributed by atoms with E-state index in [2.05, 4.69) is 5.09 Å². The number of allylic oxidation sites excluding steroid dienone is 4. The summed E-state index contributed by atoms with van der Waals surface area (Å²) in [6.45, 7) is 0.496. The van der Waals surface area contributed by atoms with Crippen LogP contribution in [-0.4, -0.2) is 0 Å². The van der Waals surface area contributed by atoms with Crippen LogP contribution in [0.15, 0.2) is 84.2 Å². The summed E-state index contributed by atoms with van der Waals surface area (Å²) in [6.07, 6.45) is 7.82. The van der Waals surface area contributed by atoms with Gasteiger partial charge in [0.05, 0.1) is 5.31 Å². The Morgan fingerprint density at radius 3 is 2.30 bits per heavy atom. The van der Waals surface area contributed by atoms with Gasteiger partial charge >= 0.3 is 7.52 Å². The number of para-hydroxylation sites is 1. The van der Waals surface area contributed by atoms with Gasteiger partial charge in [-0.3, -0.25) is 4.57 Å². The molecule has 0 spiro atoms. The molecule has 118 valence electrons. The lowest BCUT2D eigenvalue weighted by Crippen LogP contribution is -2.16. The average Bonchev–Trinajstić information content (AvgIpc) is 2.63. The number of benzene rings is 2. The minimum Gasteiger partial charge on any atom is -0.430 e. The molecule has 0 saturated heterocycles. The molecule has 0 saturated carbocycles.